The zero-order valence-electron chi connectivity index (χ0n) is 12.8. The molecule has 0 spiro atoms. The summed E-state index contributed by atoms with van der Waals surface area (Å²) in [5, 5.41) is 1.62. The number of fused-ring (bicyclic) bond motifs is 2. The Hall–Kier alpha value is -1.92. The maximum Gasteiger partial charge on any atom is 0.290 e. The molecule has 3 aromatic rings. The number of nitrogens with one attached hydrogen (secondary N) is 1. The highest BCUT2D eigenvalue weighted by atomic mass is 35.5. The monoisotopic (exact) mass is 346 g/mol. The highest BCUT2D eigenvalue weighted by Crippen LogP contribution is 2.34. The lowest BCUT2D eigenvalue weighted by molar-refractivity contribution is 0.0669. The number of para-hydroxylation sites is 1. The first-order chi connectivity index (χ1) is 11.0. The van der Waals surface area contributed by atoms with E-state index in [0.717, 1.165) is 17.1 Å². The van der Waals surface area contributed by atoms with Gasteiger partial charge in [0.15, 0.2) is 5.82 Å². The molecule has 3 heterocycles. The Morgan fingerprint density at radius 1 is 1.43 bits per heavy atom. The van der Waals surface area contributed by atoms with Gasteiger partial charge in [-0.1, -0.05) is 17.7 Å². The molecule has 118 valence electrons. The van der Waals surface area contributed by atoms with Crippen molar-refractivity contribution in [2.24, 2.45) is 0 Å². The van der Waals surface area contributed by atoms with Crippen molar-refractivity contribution < 1.29 is 4.79 Å². The minimum Gasteiger partial charge on any atom is -0.333 e. The average Bonchev–Trinajstić information content (AvgIpc) is 3.11. The van der Waals surface area contributed by atoms with Gasteiger partial charge in [-0.3, -0.25) is 4.79 Å². The van der Waals surface area contributed by atoms with Crippen LogP contribution in [-0.2, 0) is 6.42 Å². The number of halogens is 1. The summed E-state index contributed by atoms with van der Waals surface area (Å²) in [6.45, 7) is 4.70. The summed E-state index contributed by atoms with van der Waals surface area (Å²) in [5.41, 5.74) is 2.54. The lowest BCUT2D eigenvalue weighted by Crippen LogP contribution is -2.38. The highest BCUT2D eigenvalue weighted by Gasteiger charge is 2.32. The molecule has 0 aliphatic carbocycles. The molecule has 0 saturated heterocycles. The first-order valence-corrected chi connectivity index (χ1v) is 8.65. The zero-order valence-corrected chi connectivity index (χ0v) is 14.3. The Labute approximate surface area is 142 Å². The third-order valence-corrected chi connectivity index (χ3v) is 5.70. The Morgan fingerprint density at radius 2 is 2.26 bits per heavy atom. The van der Waals surface area contributed by atoms with Gasteiger partial charge >= 0.3 is 0 Å². The fourth-order valence-corrected chi connectivity index (χ4v) is 4.32. The fraction of sp³-hybridized carbons (Fsp3) is 0.312. The second kappa shape index (κ2) is 5.32. The molecule has 1 N–H and O–H groups in total. The van der Waals surface area contributed by atoms with E-state index in [1.165, 1.54) is 4.88 Å². The third-order valence-electron chi connectivity index (χ3n) is 4.20. The van der Waals surface area contributed by atoms with Crippen LogP contribution in [0.25, 0.3) is 11.0 Å². The zero-order chi connectivity index (χ0) is 16.1. The van der Waals surface area contributed by atoms with Gasteiger partial charge in [0, 0.05) is 13.0 Å². The first-order valence-electron chi connectivity index (χ1n) is 7.46. The average molecular weight is 347 g/mol. The van der Waals surface area contributed by atoms with Crippen molar-refractivity contribution in [2.45, 2.75) is 26.3 Å². The van der Waals surface area contributed by atoms with Gasteiger partial charge in [0.05, 0.1) is 37.7 Å². The quantitative estimate of drug-likeness (QED) is 0.730. The van der Waals surface area contributed by atoms with Gasteiger partial charge in [0.2, 0.25) is 0 Å². The Morgan fingerprint density at radius 3 is 3.04 bits per heavy atom. The predicted molar refractivity (Wildman–Crippen MR) is 91.1 cm³/mol. The number of aromatic nitrogens is 3. The second-order valence-electron chi connectivity index (χ2n) is 5.69. The fourth-order valence-electron chi connectivity index (χ4n) is 3.06. The molecule has 1 aromatic carbocycles. The molecule has 1 amide bonds. The number of aryl methyl sites for hydroxylation is 1. The van der Waals surface area contributed by atoms with Crippen LogP contribution in [-0.4, -0.2) is 32.3 Å². The minimum absolute atomic E-state index is 0.0149. The summed E-state index contributed by atoms with van der Waals surface area (Å²) in [5.74, 6) is 0.242. The van der Waals surface area contributed by atoms with Crippen LogP contribution in [0.5, 0.6) is 0 Å². The summed E-state index contributed by atoms with van der Waals surface area (Å²) in [4.78, 5) is 27.9. The van der Waals surface area contributed by atoms with E-state index in [2.05, 4.69) is 15.0 Å². The molecule has 1 atom stereocenters. The molecular weight excluding hydrogens is 332 g/mol. The molecule has 0 unspecified atom stereocenters. The number of thiazole rings is 1. The van der Waals surface area contributed by atoms with Crippen molar-refractivity contribution >= 4 is 39.9 Å². The van der Waals surface area contributed by atoms with Gasteiger partial charge in [0.1, 0.15) is 0 Å². The van der Waals surface area contributed by atoms with E-state index in [1.807, 2.05) is 30.9 Å². The van der Waals surface area contributed by atoms with Gasteiger partial charge in [-0.2, -0.15) is 0 Å². The number of aromatic amines is 1. The number of benzene rings is 1. The molecular formula is C16H15ClN4OS. The van der Waals surface area contributed by atoms with E-state index < -0.39 is 0 Å². The van der Waals surface area contributed by atoms with E-state index in [-0.39, 0.29) is 11.9 Å². The van der Waals surface area contributed by atoms with E-state index in [0.29, 0.717) is 28.4 Å². The summed E-state index contributed by atoms with van der Waals surface area (Å²) < 4.78 is 0. The largest absolute Gasteiger partial charge is 0.333 e. The van der Waals surface area contributed by atoms with Gasteiger partial charge in [-0.05, 0) is 26.0 Å². The Kier molecular flexibility index (Phi) is 3.39. The summed E-state index contributed by atoms with van der Waals surface area (Å²) in [6, 6.07) is 5.47. The van der Waals surface area contributed by atoms with Crippen molar-refractivity contribution in [3.05, 3.63) is 44.6 Å². The highest BCUT2D eigenvalue weighted by molar-refractivity contribution is 7.11. The Bertz CT molecular complexity index is 916. The predicted octanol–water partition coefficient (Wildman–Crippen LogP) is 3.74. The standard InChI is InChI=1S/C16H15ClN4OS/c1-8-14-12(18-9(2)23-14)6-7-21(8)16(22)15-19-11-5-3-4-10(17)13(11)20-15/h3-5,8H,6-7H2,1-2H3,(H,19,20)/t8-/m0/s1. The molecule has 0 radical (unpaired) electrons. The molecule has 5 nitrogen and oxygen atoms in total. The number of rotatable bonds is 1. The Balaban J connectivity index is 1.70. The molecule has 1 aliphatic rings. The molecule has 7 heteroatoms. The van der Waals surface area contributed by atoms with Crippen LogP contribution in [0.2, 0.25) is 5.02 Å². The maximum absolute atomic E-state index is 12.9. The summed E-state index contributed by atoms with van der Waals surface area (Å²) in [7, 11) is 0. The summed E-state index contributed by atoms with van der Waals surface area (Å²) in [6.07, 6.45) is 0.788. The SMILES string of the molecule is Cc1nc2c(s1)[C@H](C)N(C(=O)c1nc3cccc(Cl)c3[nH]1)CC2. The second-order valence-corrected chi connectivity index (χ2v) is 7.33. The lowest BCUT2D eigenvalue weighted by Gasteiger charge is -2.32. The molecule has 0 fully saturated rings. The first kappa shape index (κ1) is 14.7. The van der Waals surface area contributed by atoms with E-state index in [1.54, 1.807) is 17.4 Å². The van der Waals surface area contributed by atoms with Crippen molar-refractivity contribution in [2.75, 3.05) is 6.54 Å². The number of amides is 1. The van der Waals surface area contributed by atoms with E-state index >= 15 is 0 Å². The smallest absolute Gasteiger partial charge is 0.290 e. The minimum atomic E-state index is -0.0959. The number of nitrogens with zero attached hydrogens (tertiary/aromatic N) is 3. The van der Waals surface area contributed by atoms with Crippen LogP contribution in [0, 0.1) is 6.92 Å². The number of carbonyl (C=O) groups excluding carboxylic acids is 1. The van der Waals surface area contributed by atoms with Crippen LogP contribution in [0.3, 0.4) is 0 Å². The maximum atomic E-state index is 12.9. The van der Waals surface area contributed by atoms with Crippen molar-refractivity contribution in [1.29, 1.82) is 0 Å². The molecule has 2 aromatic heterocycles. The molecule has 23 heavy (non-hydrogen) atoms. The molecule has 0 bridgehead atoms. The van der Waals surface area contributed by atoms with Gasteiger partial charge in [-0.15, -0.1) is 11.3 Å². The number of hydrogen-bond donors (Lipinski definition) is 1. The van der Waals surface area contributed by atoms with Crippen LogP contribution in [0.4, 0.5) is 0 Å². The van der Waals surface area contributed by atoms with Crippen LogP contribution >= 0.6 is 22.9 Å². The van der Waals surface area contributed by atoms with E-state index in [4.69, 9.17) is 11.6 Å². The van der Waals surface area contributed by atoms with Crippen LogP contribution in [0.15, 0.2) is 18.2 Å². The lowest BCUT2D eigenvalue weighted by atomic mass is 10.1. The number of hydrogen-bond acceptors (Lipinski definition) is 4. The van der Waals surface area contributed by atoms with Crippen LogP contribution < -0.4 is 0 Å². The number of H-pyrrole nitrogens is 1. The van der Waals surface area contributed by atoms with Crippen LogP contribution in [0.1, 0.15) is 39.2 Å². The molecule has 1 aliphatic heterocycles. The van der Waals surface area contributed by atoms with E-state index in [9.17, 15) is 4.79 Å². The topological polar surface area (TPSA) is 61.9 Å². The molecule has 4 rings (SSSR count). The van der Waals surface area contributed by atoms with Gasteiger partial charge in [-0.25, -0.2) is 9.97 Å². The number of carbonyl (C=O) groups is 1. The molecule has 0 saturated carbocycles. The van der Waals surface area contributed by atoms with Crippen molar-refractivity contribution in [3.8, 4) is 0 Å². The third kappa shape index (κ3) is 2.33. The summed E-state index contributed by atoms with van der Waals surface area (Å²) >= 11 is 7.82. The van der Waals surface area contributed by atoms with Gasteiger partial charge in [0.25, 0.3) is 5.91 Å². The van der Waals surface area contributed by atoms with Crippen molar-refractivity contribution in [3.63, 3.8) is 0 Å². The van der Waals surface area contributed by atoms with Crippen molar-refractivity contribution in [1.82, 2.24) is 19.9 Å². The van der Waals surface area contributed by atoms with Gasteiger partial charge < -0.3 is 9.88 Å². The number of imidazole rings is 1. The normalized spacial score (nSPS) is 17.5.